The Labute approximate surface area is 197 Å². The van der Waals surface area contributed by atoms with E-state index in [-0.39, 0.29) is 23.5 Å². The first-order valence-electron chi connectivity index (χ1n) is 10.7. The predicted octanol–water partition coefficient (Wildman–Crippen LogP) is 5.07. The van der Waals surface area contributed by atoms with Crippen LogP contribution in [0.15, 0.2) is 58.2 Å². The second kappa shape index (κ2) is 12.1. The highest BCUT2D eigenvalue weighted by Gasteiger charge is 2.12. The van der Waals surface area contributed by atoms with E-state index in [0.29, 0.717) is 35.4 Å². The molecule has 1 heterocycles. The Morgan fingerprint density at radius 1 is 1.12 bits per heavy atom. The van der Waals surface area contributed by atoms with Crippen LogP contribution < -0.4 is 10.1 Å². The molecular formula is C24H27N3O5S. The van der Waals surface area contributed by atoms with Crippen LogP contribution in [0.1, 0.15) is 54.9 Å². The third-order valence-electron chi connectivity index (χ3n) is 4.50. The van der Waals surface area contributed by atoms with Crippen LogP contribution in [0.25, 0.3) is 0 Å². The van der Waals surface area contributed by atoms with Gasteiger partial charge in [-0.3, -0.25) is 4.79 Å². The molecule has 0 fully saturated rings. The van der Waals surface area contributed by atoms with E-state index in [2.05, 4.69) is 29.4 Å². The van der Waals surface area contributed by atoms with Gasteiger partial charge < -0.3 is 19.2 Å². The molecule has 0 saturated heterocycles. The fraction of sp³-hybridized carbons (Fsp3) is 0.333. The van der Waals surface area contributed by atoms with Crippen LogP contribution in [0.4, 0.5) is 5.69 Å². The number of nitrogens with one attached hydrogen (secondary N) is 1. The lowest BCUT2D eigenvalue weighted by Gasteiger charge is -2.07. The van der Waals surface area contributed by atoms with E-state index < -0.39 is 5.97 Å². The van der Waals surface area contributed by atoms with Gasteiger partial charge in [0.2, 0.25) is 5.91 Å². The molecule has 8 nitrogen and oxygen atoms in total. The van der Waals surface area contributed by atoms with Crippen molar-refractivity contribution >= 4 is 29.3 Å². The summed E-state index contributed by atoms with van der Waals surface area (Å²) in [6.07, 6.45) is 0.744. The Morgan fingerprint density at radius 2 is 1.91 bits per heavy atom. The van der Waals surface area contributed by atoms with Gasteiger partial charge in [-0.2, -0.15) is 0 Å². The number of anilines is 1. The van der Waals surface area contributed by atoms with E-state index in [0.717, 1.165) is 18.2 Å². The van der Waals surface area contributed by atoms with Crippen molar-refractivity contribution in [2.75, 3.05) is 17.7 Å². The summed E-state index contributed by atoms with van der Waals surface area (Å²) in [6, 6.07) is 14.5. The monoisotopic (exact) mass is 469 g/mol. The Morgan fingerprint density at radius 3 is 2.64 bits per heavy atom. The van der Waals surface area contributed by atoms with E-state index in [1.54, 1.807) is 24.3 Å². The Balaban J connectivity index is 1.45. The van der Waals surface area contributed by atoms with E-state index >= 15 is 0 Å². The molecule has 3 aromatic rings. The number of hydrogen-bond acceptors (Lipinski definition) is 8. The van der Waals surface area contributed by atoms with E-state index in [1.165, 1.54) is 5.56 Å². The summed E-state index contributed by atoms with van der Waals surface area (Å²) in [6.45, 7) is 6.69. The molecule has 3 rings (SSSR count). The lowest BCUT2D eigenvalue weighted by molar-refractivity contribution is -0.113. The number of carbonyl (C=O) groups excluding carboxylic acids is 2. The van der Waals surface area contributed by atoms with Gasteiger partial charge in [-0.05, 0) is 48.2 Å². The maximum atomic E-state index is 12.3. The van der Waals surface area contributed by atoms with Gasteiger partial charge in [-0.1, -0.05) is 50.7 Å². The second-order valence-electron chi connectivity index (χ2n) is 7.53. The fourth-order valence-electron chi connectivity index (χ4n) is 2.78. The number of rotatable bonds is 11. The first-order valence-corrected chi connectivity index (χ1v) is 11.7. The topological polar surface area (TPSA) is 104 Å². The molecule has 9 heteroatoms. The molecule has 0 saturated carbocycles. The number of amides is 1. The molecule has 0 bridgehead atoms. The number of carbonyl (C=O) groups is 2. The number of aromatic nitrogens is 2. The minimum absolute atomic E-state index is 0.0731. The Bertz CT molecular complexity index is 1070. The Hall–Kier alpha value is -3.33. The molecule has 0 unspecified atom stereocenters. The highest BCUT2D eigenvalue weighted by molar-refractivity contribution is 7.99. The maximum absolute atomic E-state index is 12.3. The van der Waals surface area contributed by atoms with Crippen LogP contribution in [0.3, 0.4) is 0 Å². The quantitative estimate of drug-likeness (QED) is 0.307. The number of ether oxygens (including phenoxy) is 2. The smallest absolute Gasteiger partial charge is 0.338 e. The average molecular weight is 470 g/mol. The van der Waals surface area contributed by atoms with Gasteiger partial charge in [0.05, 0.1) is 17.9 Å². The Kier molecular flexibility index (Phi) is 8.88. The third kappa shape index (κ3) is 7.64. The molecule has 2 aromatic carbocycles. The van der Waals surface area contributed by atoms with E-state index in [4.69, 9.17) is 13.9 Å². The fourth-order valence-corrected chi connectivity index (χ4v) is 3.36. The van der Waals surface area contributed by atoms with Crippen molar-refractivity contribution in [1.29, 1.82) is 0 Å². The summed E-state index contributed by atoms with van der Waals surface area (Å²) < 4.78 is 16.3. The summed E-state index contributed by atoms with van der Waals surface area (Å²) in [5, 5.41) is 10.9. The van der Waals surface area contributed by atoms with Crippen LogP contribution in [0.2, 0.25) is 0 Å². The molecule has 0 spiro atoms. The molecule has 33 heavy (non-hydrogen) atoms. The van der Waals surface area contributed by atoms with Crippen molar-refractivity contribution in [3.05, 3.63) is 65.5 Å². The van der Waals surface area contributed by atoms with Crippen molar-refractivity contribution in [3.63, 3.8) is 0 Å². The maximum Gasteiger partial charge on any atom is 0.338 e. The molecule has 1 amide bonds. The van der Waals surface area contributed by atoms with Crippen molar-refractivity contribution in [2.45, 2.75) is 44.9 Å². The van der Waals surface area contributed by atoms with E-state index in [9.17, 15) is 9.59 Å². The number of esters is 1. The molecule has 0 aliphatic carbocycles. The van der Waals surface area contributed by atoms with Gasteiger partial charge in [0.15, 0.2) is 6.61 Å². The molecular weight excluding hydrogens is 442 g/mol. The largest absolute Gasteiger partial charge is 0.484 e. The van der Waals surface area contributed by atoms with Crippen molar-refractivity contribution in [1.82, 2.24) is 10.2 Å². The molecule has 1 N–H and O–H groups in total. The van der Waals surface area contributed by atoms with Crippen molar-refractivity contribution in [2.24, 2.45) is 0 Å². The lowest BCUT2D eigenvalue weighted by atomic mass is 10.0. The summed E-state index contributed by atoms with van der Waals surface area (Å²) in [5.74, 6) is 0.886. The summed E-state index contributed by atoms with van der Waals surface area (Å²) in [4.78, 5) is 24.2. The molecule has 1 aromatic heterocycles. The second-order valence-corrected chi connectivity index (χ2v) is 8.45. The first-order chi connectivity index (χ1) is 15.9. The lowest BCUT2D eigenvalue weighted by Crippen LogP contribution is -2.14. The summed E-state index contributed by atoms with van der Waals surface area (Å²) >= 11 is 1.12. The van der Waals surface area contributed by atoms with Gasteiger partial charge >= 0.3 is 5.97 Å². The van der Waals surface area contributed by atoms with E-state index in [1.807, 2.05) is 31.2 Å². The van der Waals surface area contributed by atoms with Gasteiger partial charge in [-0.15, -0.1) is 10.2 Å². The van der Waals surface area contributed by atoms with Gasteiger partial charge in [0.1, 0.15) is 5.75 Å². The van der Waals surface area contributed by atoms with Crippen molar-refractivity contribution in [3.8, 4) is 5.75 Å². The van der Waals surface area contributed by atoms with Crippen LogP contribution in [-0.2, 0) is 16.1 Å². The van der Waals surface area contributed by atoms with Crippen LogP contribution in [-0.4, -0.2) is 34.4 Å². The van der Waals surface area contributed by atoms with Gasteiger partial charge in [0.25, 0.3) is 11.1 Å². The number of benzene rings is 2. The zero-order chi connectivity index (χ0) is 23.6. The first kappa shape index (κ1) is 24.3. The molecule has 174 valence electrons. The number of hydrogen-bond donors (Lipinski definition) is 1. The predicted molar refractivity (Wildman–Crippen MR) is 126 cm³/mol. The molecule has 0 aliphatic heterocycles. The zero-order valence-corrected chi connectivity index (χ0v) is 19.7. The van der Waals surface area contributed by atoms with Crippen LogP contribution in [0.5, 0.6) is 5.75 Å². The summed E-state index contributed by atoms with van der Waals surface area (Å²) in [7, 11) is 0. The number of nitrogens with zero attached hydrogens (tertiary/aromatic N) is 2. The minimum atomic E-state index is -0.418. The average Bonchev–Trinajstić information content (AvgIpc) is 3.28. The SMILES string of the molecule is CCCOC(=O)c1cccc(NC(=O)CSc2nnc(COc3ccc(C(C)C)cc3)o2)c1. The molecule has 0 atom stereocenters. The number of thioether (sulfide) groups is 1. The van der Waals surface area contributed by atoms with Crippen LogP contribution >= 0.6 is 11.8 Å². The highest BCUT2D eigenvalue weighted by Crippen LogP contribution is 2.21. The normalized spacial score (nSPS) is 10.8. The molecule has 0 radical (unpaired) electrons. The summed E-state index contributed by atoms with van der Waals surface area (Å²) in [5.41, 5.74) is 2.13. The van der Waals surface area contributed by atoms with Gasteiger partial charge in [0, 0.05) is 5.69 Å². The van der Waals surface area contributed by atoms with Crippen LogP contribution in [0, 0.1) is 0 Å². The zero-order valence-electron chi connectivity index (χ0n) is 18.9. The van der Waals surface area contributed by atoms with Crippen molar-refractivity contribution < 1.29 is 23.5 Å². The third-order valence-corrected chi connectivity index (χ3v) is 5.32. The standard InChI is InChI=1S/C24H27N3O5S/c1-4-12-30-23(29)18-6-5-7-19(13-18)25-21(28)15-33-24-27-26-22(32-24)14-31-20-10-8-17(9-11-20)16(2)3/h5-11,13,16H,4,12,14-15H2,1-3H3,(H,25,28). The highest BCUT2D eigenvalue weighted by atomic mass is 32.2. The molecule has 0 aliphatic rings. The minimum Gasteiger partial charge on any atom is -0.484 e. The van der Waals surface area contributed by atoms with Gasteiger partial charge in [-0.25, -0.2) is 4.79 Å².